The largest absolute Gasteiger partial charge is 0.488 e. The van der Waals surface area contributed by atoms with Crippen molar-refractivity contribution in [2.24, 2.45) is 0 Å². The SMILES string of the molecule is Cc1ccc(CNC(=O)c2cc[nH]c2)c(OC2CCOC2)c1. The molecule has 22 heavy (non-hydrogen) atoms. The molecule has 1 aromatic heterocycles. The van der Waals surface area contributed by atoms with Crippen LogP contribution in [0.15, 0.2) is 36.7 Å². The second-order valence-corrected chi connectivity index (χ2v) is 5.50. The number of amides is 1. The summed E-state index contributed by atoms with van der Waals surface area (Å²) < 4.78 is 11.4. The second kappa shape index (κ2) is 6.66. The van der Waals surface area contributed by atoms with Crippen LogP contribution >= 0.6 is 0 Å². The highest BCUT2D eigenvalue weighted by atomic mass is 16.5. The van der Waals surface area contributed by atoms with E-state index in [9.17, 15) is 4.79 Å². The lowest BCUT2D eigenvalue weighted by atomic mass is 10.1. The maximum absolute atomic E-state index is 12.0. The zero-order valence-electron chi connectivity index (χ0n) is 12.6. The molecule has 1 aliphatic rings. The van der Waals surface area contributed by atoms with E-state index in [-0.39, 0.29) is 12.0 Å². The van der Waals surface area contributed by atoms with Crippen molar-refractivity contribution in [3.8, 4) is 5.75 Å². The van der Waals surface area contributed by atoms with E-state index in [0.29, 0.717) is 18.7 Å². The maximum Gasteiger partial charge on any atom is 0.253 e. The van der Waals surface area contributed by atoms with Crippen molar-refractivity contribution >= 4 is 5.91 Å². The topological polar surface area (TPSA) is 63.4 Å². The van der Waals surface area contributed by atoms with Crippen LogP contribution in [0.2, 0.25) is 0 Å². The minimum absolute atomic E-state index is 0.0981. The van der Waals surface area contributed by atoms with Crippen LogP contribution in [0.3, 0.4) is 0 Å². The van der Waals surface area contributed by atoms with Gasteiger partial charge in [-0.1, -0.05) is 12.1 Å². The van der Waals surface area contributed by atoms with Crippen LogP contribution in [0.5, 0.6) is 5.75 Å². The first-order valence-corrected chi connectivity index (χ1v) is 7.47. The molecule has 0 radical (unpaired) electrons. The number of H-pyrrole nitrogens is 1. The Hall–Kier alpha value is -2.27. The number of aromatic amines is 1. The van der Waals surface area contributed by atoms with Gasteiger partial charge >= 0.3 is 0 Å². The highest BCUT2D eigenvalue weighted by molar-refractivity contribution is 5.93. The van der Waals surface area contributed by atoms with Gasteiger partial charge in [0.1, 0.15) is 11.9 Å². The molecule has 0 aliphatic carbocycles. The average Bonchev–Trinajstić information content (AvgIpc) is 3.19. The number of aryl methyl sites for hydroxylation is 1. The van der Waals surface area contributed by atoms with Gasteiger partial charge in [-0.15, -0.1) is 0 Å². The molecule has 116 valence electrons. The molecule has 1 fully saturated rings. The van der Waals surface area contributed by atoms with Crippen molar-refractivity contribution in [3.63, 3.8) is 0 Å². The molecule has 1 saturated heterocycles. The molecule has 2 aromatic rings. The molecule has 1 aromatic carbocycles. The zero-order valence-corrected chi connectivity index (χ0v) is 12.6. The van der Waals surface area contributed by atoms with Crippen LogP contribution in [-0.4, -0.2) is 30.2 Å². The van der Waals surface area contributed by atoms with Crippen molar-refractivity contribution in [3.05, 3.63) is 53.3 Å². The Kier molecular flexibility index (Phi) is 4.44. The number of hydrogen-bond acceptors (Lipinski definition) is 3. The van der Waals surface area contributed by atoms with Gasteiger partial charge in [0.2, 0.25) is 0 Å². The number of benzene rings is 1. The molecular formula is C17H20N2O3. The van der Waals surface area contributed by atoms with Crippen LogP contribution in [0.4, 0.5) is 0 Å². The smallest absolute Gasteiger partial charge is 0.253 e. The van der Waals surface area contributed by atoms with Crippen molar-refractivity contribution in [1.82, 2.24) is 10.3 Å². The molecule has 5 nitrogen and oxygen atoms in total. The molecule has 0 saturated carbocycles. The summed E-state index contributed by atoms with van der Waals surface area (Å²) in [5, 5.41) is 2.92. The molecular weight excluding hydrogens is 280 g/mol. The van der Waals surface area contributed by atoms with Crippen molar-refractivity contribution in [2.45, 2.75) is 26.0 Å². The molecule has 5 heteroatoms. The number of carbonyl (C=O) groups excluding carboxylic acids is 1. The first-order valence-electron chi connectivity index (χ1n) is 7.47. The van der Waals surface area contributed by atoms with E-state index in [1.165, 1.54) is 0 Å². The van der Waals surface area contributed by atoms with Gasteiger partial charge in [-0.05, 0) is 24.6 Å². The number of rotatable bonds is 5. The van der Waals surface area contributed by atoms with E-state index in [1.54, 1.807) is 18.5 Å². The minimum Gasteiger partial charge on any atom is -0.488 e. The van der Waals surface area contributed by atoms with Crippen LogP contribution in [0, 0.1) is 6.92 Å². The van der Waals surface area contributed by atoms with E-state index in [0.717, 1.165) is 29.9 Å². The van der Waals surface area contributed by atoms with Crippen LogP contribution in [0.25, 0.3) is 0 Å². The summed E-state index contributed by atoms with van der Waals surface area (Å²) in [6.45, 7) is 3.84. The van der Waals surface area contributed by atoms with E-state index in [2.05, 4.69) is 10.3 Å². The summed E-state index contributed by atoms with van der Waals surface area (Å²) in [5.74, 6) is 0.724. The highest BCUT2D eigenvalue weighted by Crippen LogP contribution is 2.23. The predicted octanol–water partition coefficient (Wildman–Crippen LogP) is 2.42. The third-order valence-corrected chi connectivity index (χ3v) is 3.70. The summed E-state index contributed by atoms with van der Waals surface area (Å²) in [6, 6.07) is 7.78. The molecule has 1 amide bonds. The molecule has 0 bridgehead atoms. The van der Waals surface area contributed by atoms with Gasteiger partial charge < -0.3 is 19.8 Å². The van der Waals surface area contributed by atoms with Gasteiger partial charge in [0.25, 0.3) is 5.91 Å². The predicted molar refractivity (Wildman–Crippen MR) is 83.0 cm³/mol. The molecule has 3 rings (SSSR count). The lowest BCUT2D eigenvalue weighted by molar-refractivity contribution is 0.0950. The van der Waals surface area contributed by atoms with Gasteiger partial charge in [0.15, 0.2) is 0 Å². The molecule has 2 N–H and O–H groups in total. The number of aromatic nitrogens is 1. The van der Waals surface area contributed by atoms with Crippen LogP contribution in [-0.2, 0) is 11.3 Å². The standard InChI is InChI=1S/C17H20N2O3/c1-12-2-3-13(10-19-17(20)14-4-6-18-9-14)16(8-12)22-15-5-7-21-11-15/h2-4,6,8-9,15,18H,5,7,10-11H2,1H3,(H,19,20). The second-order valence-electron chi connectivity index (χ2n) is 5.50. The fraction of sp³-hybridized carbons (Fsp3) is 0.353. The van der Waals surface area contributed by atoms with E-state index < -0.39 is 0 Å². The Labute approximate surface area is 129 Å². The third kappa shape index (κ3) is 3.49. The minimum atomic E-state index is -0.100. The van der Waals surface area contributed by atoms with Crippen molar-refractivity contribution in [2.75, 3.05) is 13.2 Å². The van der Waals surface area contributed by atoms with E-state index in [1.807, 2.05) is 25.1 Å². The Morgan fingerprint density at radius 1 is 1.45 bits per heavy atom. The molecule has 1 atom stereocenters. The molecule has 1 aliphatic heterocycles. The summed E-state index contributed by atoms with van der Waals surface area (Å²) in [7, 11) is 0. The Morgan fingerprint density at radius 3 is 3.09 bits per heavy atom. The summed E-state index contributed by atoms with van der Waals surface area (Å²) in [6.07, 6.45) is 4.41. The summed E-state index contributed by atoms with van der Waals surface area (Å²) in [5.41, 5.74) is 2.73. The van der Waals surface area contributed by atoms with Gasteiger partial charge in [0, 0.05) is 30.9 Å². The molecule has 2 heterocycles. The first-order chi connectivity index (χ1) is 10.7. The normalized spacial score (nSPS) is 17.4. The summed E-state index contributed by atoms with van der Waals surface area (Å²) >= 11 is 0. The monoisotopic (exact) mass is 300 g/mol. The lowest BCUT2D eigenvalue weighted by Gasteiger charge is -2.16. The average molecular weight is 300 g/mol. The quantitative estimate of drug-likeness (QED) is 0.891. The van der Waals surface area contributed by atoms with Gasteiger partial charge in [-0.25, -0.2) is 0 Å². The fourth-order valence-electron chi connectivity index (χ4n) is 2.45. The van der Waals surface area contributed by atoms with Crippen molar-refractivity contribution < 1.29 is 14.3 Å². The molecule has 0 spiro atoms. The Morgan fingerprint density at radius 2 is 2.36 bits per heavy atom. The van der Waals surface area contributed by atoms with Crippen LogP contribution < -0.4 is 10.1 Å². The first kappa shape index (κ1) is 14.7. The van der Waals surface area contributed by atoms with E-state index in [4.69, 9.17) is 9.47 Å². The van der Waals surface area contributed by atoms with Gasteiger partial charge in [-0.2, -0.15) is 0 Å². The highest BCUT2D eigenvalue weighted by Gasteiger charge is 2.19. The van der Waals surface area contributed by atoms with Gasteiger partial charge in [-0.3, -0.25) is 4.79 Å². The Balaban J connectivity index is 1.68. The summed E-state index contributed by atoms with van der Waals surface area (Å²) in [4.78, 5) is 14.9. The number of nitrogens with one attached hydrogen (secondary N) is 2. The zero-order chi connectivity index (χ0) is 15.4. The number of hydrogen-bond donors (Lipinski definition) is 2. The lowest BCUT2D eigenvalue weighted by Crippen LogP contribution is -2.23. The van der Waals surface area contributed by atoms with Crippen LogP contribution in [0.1, 0.15) is 27.9 Å². The van der Waals surface area contributed by atoms with Gasteiger partial charge in [0.05, 0.1) is 18.8 Å². The molecule has 1 unspecified atom stereocenters. The maximum atomic E-state index is 12.0. The number of ether oxygens (including phenoxy) is 2. The van der Waals surface area contributed by atoms with Crippen molar-refractivity contribution in [1.29, 1.82) is 0 Å². The Bertz CT molecular complexity index is 631. The third-order valence-electron chi connectivity index (χ3n) is 3.70. The number of carbonyl (C=O) groups is 1. The fourth-order valence-corrected chi connectivity index (χ4v) is 2.45. The van der Waals surface area contributed by atoms with E-state index >= 15 is 0 Å².